The molecule has 6 heteroatoms. The molecule has 0 bridgehead atoms. The number of hydrogen-bond donors (Lipinski definition) is 0. The number of rotatable bonds is 4. The Labute approximate surface area is 151 Å². The Morgan fingerprint density at radius 3 is 2.72 bits per heavy atom. The zero-order chi connectivity index (χ0) is 17.4. The third-order valence-electron chi connectivity index (χ3n) is 4.60. The summed E-state index contributed by atoms with van der Waals surface area (Å²) in [5, 5.41) is 11.7. The molecule has 0 fully saturated rings. The van der Waals surface area contributed by atoms with E-state index in [-0.39, 0.29) is 6.04 Å². The number of thiazole rings is 1. The van der Waals surface area contributed by atoms with Gasteiger partial charge < -0.3 is 4.42 Å². The molecule has 1 aromatic carbocycles. The predicted molar refractivity (Wildman–Crippen MR) is 97.4 cm³/mol. The topological polar surface area (TPSA) is 55.1 Å². The first-order valence-electron chi connectivity index (χ1n) is 8.65. The van der Waals surface area contributed by atoms with Gasteiger partial charge in [0, 0.05) is 31.3 Å². The molecule has 0 saturated heterocycles. The lowest BCUT2D eigenvalue weighted by Crippen LogP contribution is -2.34. The van der Waals surface area contributed by atoms with Gasteiger partial charge in [0.2, 0.25) is 11.8 Å². The molecule has 3 heterocycles. The Hall–Kier alpha value is -2.05. The Bertz CT molecular complexity index is 870. The number of fused-ring (bicyclic) bond motifs is 1. The Balaban J connectivity index is 1.64. The summed E-state index contributed by atoms with van der Waals surface area (Å²) in [6, 6.07) is 8.70. The number of benzene rings is 1. The lowest BCUT2D eigenvalue weighted by molar-refractivity contribution is 0.136. The molecule has 1 aliphatic rings. The average molecular weight is 354 g/mol. The summed E-state index contributed by atoms with van der Waals surface area (Å²) in [6.07, 6.45) is 0.888. The van der Waals surface area contributed by atoms with Crippen LogP contribution in [0, 0.1) is 6.92 Å². The van der Waals surface area contributed by atoms with Gasteiger partial charge in [-0.3, -0.25) is 4.90 Å². The molecular weight excluding hydrogens is 332 g/mol. The van der Waals surface area contributed by atoms with Gasteiger partial charge >= 0.3 is 0 Å². The van der Waals surface area contributed by atoms with Crippen molar-refractivity contribution in [3.8, 4) is 0 Å². The fourth-order valence-electron chi connectivity index (χ4n) is 3.30. The van der Waals surface area contributed by atoms with Crippen molar-refractivity contribution < 1.29 is 4.42 Å². The summed E-state index contributed by atoms with van der Waals surface area (Å²) >= 11 is 1.74. The molecular formula is C19H22N4OS. The molecule has 0 aliphatic carbocycles. The van der Waals surface area contributed by atoms with Crippen LogP contribution in [0.4, 0.5) is 0 Å². The number of aryl methyl sites for hydroxylation is 1. The van der Waals surface area contributed by atoms with Crippen molar-refractivity contribution in [1.82, 2.24) is 20.1 Å². The van der Waals surface area contributed by atoms with E-state index in [1.54, 1.807) is 11.3 Å². The number of hydrogen-bond acceptors (Lipinski definition) is 6. The highest BCUT2D eigenvalue weighted by molar-refractivity contribution is 7.09. The lowest BCUT2D eigenvalue weighted by Gasteiger charge is -2.34. The minimum Gasteiger partial charge on any atom is -0.424 e. The molecule has 0 spiro atoms. The highest BCUT2D eigenvalue weighted by atomic mass is 32.1. The summed E-state index contributed by atoms with van der Waals surface area (Å²) in [5.41, 5.74) is 3.85. The van der Waals surface area contributed by atoms with Crippen LogP contribution in [-0.2, 0) is 19.5 Å². The fourth-order valence-corrected chi connectivity index (χ4v) is 4.13. The van der Waals surface area contributed by atoms with Crippen LogP contribution in [0.15, 0.2) is 34.1 Å². The van der Waals surface area contributed by atoms with Crippen molar-refractivity contribution >= 4 is 11.3 Å². The van der Waals surface area contributed by atoms with Gasteiger partial charge in [0.15, 0.2) is 0 Å². The molecule has 5 nitrogen and oxygen atoms in total. The van der Waals surface area contributed by atoms with Gasteiger partial charge in [0.05, 0.1) is 16.7 Å². The van der Waals surface area contributed by atoms with Gasteiger partial charge in [-0.05, 0) is 17.5 Å². The molecule has 4 rings (SSSR count). The molecule has 1 atom stereocenters. The van der Waals surface area contributed by atoms with Crippen molar-refractivity contribution in [1.29, 1.82) is 0 Å². The molecule has 25 heavy (non-hydrogen) atoms. The van der Waals surface area contributed by atoms with Crippen molar-refractivity contribution in [2.75, 3.05) is 0 Å². The Morgan fingerprint density at radius 2 is 2.04 bits per heavy atom. The second-order valence-electron chi connectivity index (χ2n) is 6.88. The number of aromatic nitrogens is 3. The standard InChI is InChI=1S/C19H22N4OS/c1-12(2)19-20-16(11-25-19)10-23-9-15-7-5-4-6-14(15)8-17(23)18-22-21-13(3)24-18/h4-7,11-12,17H,8-10H2,1-3H3/t17-/m0/s1. The molecule has 0 unspecified atom stereocenters. The molecule has 0 amide bonds. The maximum absolute atomic E-state index is 5.77. The molecule has 2 aromatic heterocycles. The van der Waals surface area contributed by atoms with Crippen LogP contribution in [0.2, 0.25) is 0 Å². The maximum Gasteiger partial charge on any atom is 0.233 e. The minimum absolute atomic E-state index is 0.0975. The van der Waals surface area contributed by atoms with Gasteiger partial charge in [0.1, 0.15) is 0 Å². The van der Waals surface area contributed by atoms with E-state index in [9.17, 15) is 0 Å². The largest absolute Gasteiger partial charge is 0.424 e. The van der Waals surface area contributed by atoms with Crippen molar-refractivity contribution in [3.63, 3.8) is 0 Å². The summed E-state index contributed by atoms with van der Waals surface area (Å²) in [7, 11) is 0. The monoisotopic (exact) mass is 354 g/mol. The molecule has 130 valence electrons. The van der Waals surface area contributed by atoms with E-state index in [1.165, 1.54) is 16.1 Å². The quantitative estimate of drug-likeness (QED) is 0.701. The van der Waals surface area contributed by atoms with Crippen LogP contribution >= 0.6 is 11.3 Å². The Kier molecular flexibility index (Phi) is 4.39. The SMILES string of the molecule is Cc1nnc([C@@H]2Cc3ccccc3CN2Cc2csc(C(C)C)n2)o1. The van der Waals surface area contributed by atoms with Crippen molar-refractivity contribution in [2.45, 2.75) is 52.2 Å². The van der Waals surface area contributed by atoms with Crippen LogP contribution in [0.1, 0.15) is 59.4 Å². The van der Waals surface area contributed by atoms with Crippen LogP contribution in [0.3, 0.4) is 0 Å². The molecule has 1 aliphatic heterocycles. The minimum atomic E-state index is 0.0975. The van der Waals surface area contributed by atoms with E-state index in [2.05, 4.69) is 58.6 Å². The second kappa shape index (κ2) is 6.69. The average Bonchev–Trinajstić information content (AvgIpc) is 3.23. The maximum atomic E-state index is 5.77. The van der Waals surface area contributed by atoms with Gasteiger partial charge in [0.25, 0.3) is 0 Å². The van der Waals surface area contributed by atoms with Gasteiger partial charge in [-0.15, -0.1) is 21.5 Å². The summed E-state index contributed by atoms with van der Waals surface area (Å²) in [6.45, 7) is 7.88. The first-order valence-corrected chi connectivity index (χ1v) is 9.53. The van der Waals surface area contributed by atoms with Gasteiger partial charge in [-0.1, -0.05) is 38.1 Å². The van der Waals surface area contributed by atoms with E-state index in [4.69, 9.17) is 9.40 Å². The second-order valence-corrected chi connectivity index (χ2v) is 7.77. The van der Waals surface area contributed by atoms with Crippen molar-refractivity contribution in [3.05, 3.63) is 63.3 Å². The Morgan fingerprint density at radius 1 is 1.24 bits per heavy atom. The third kappa shape index (κ3) is 3.37. The highest BCUT2D eigenvalue weighted by Crippen LogP contribution is 2.34. The molecule has 0 radical (unpaired) electrons. The molecule has 3 aromatic rings. The third-order valence-corrected chi connectivity index (χ3v) is 5.80. The lowest BCUT2D eigenvalue weighted by atomic mass is 9.94. The summed E-state index contributed by atoms with van der Waals surface area (Å²) in [5.74, 6) is 1.78. The van der Waals surface area contributed by atoms with E-state index in [0.29, 0.717) is 17.7 Å². The number of nitrogens with zero attached hydrogens (tertiary/aromatic N) is 4. The van der Waals surface area contributed by atoms with Crippen LogP contribution in [-0.4, -0.2) is 20.1 Å². The normalized spacial score (nSPS) is 17.8. The summed E-state index contributed by atoms with van der Waals surface area (Å²) < 4.78 is 5.77. The van der Waals surface area contributed by atoms with E-state index < -0.39 is 0 Å². The van der Waals surface area contributed by atoms with Crippen LogP contribution in [0.5, 0.6) is 0 Å². The zero-order valence-corrected chi connectivity index (χ0v) is 15.6. The van der Waals surface area contributed by atoms with Crippen LogP contribution < -0.4 is 0 Å². The zero-order valence-electron chi connectivity index (χ0n) is 14.8. The van der Waals surface area contributed by atoms with E-state index >= 15 is 0 Å². The van der Waals surface area contributed by atoms with Crippen molar-refractivity contribution in [2.24, 2.45) is 0 Å². The van der Waals surface area contributed by atoms with Crippen LogP contribution in [0.25, 0.3) is 0 Å². The fraction of sp³-hybridized carbons (Fsp3) is 0.421. The molecule has 0 N–H and O–H groups in total. The predicted octanol–water partition coefficient (Wildman–Crippen LogP) is 4.26. The van der Waals surface area contributed by atoms with Gasteiger partial charge in [-0.25, -0.2) is 4.98 Å². The summed E-state index contributed by atoms with van der Waals surface area (Å²) in [4.78, 5) is 7.20. The van der Waals surface area contributed by atoms with Gasteiger partial charge in [-0.2, -0.15) is 0 Å². The first kappa shape index (κ1) is 16.4. The molecule has 0 saturated carbocycles. The van der Waals surface area contributed by atoms with E-state index in [1.807, 2.05) is 6.92 Å². The smallest absolute Gasteiger partial charge is 0.233 e. The highest BCUT2D eigenvalue weighted by Gasteiger charge is 2.31. The van der Waals surface area contributed by atoms with E-state index in [0.717, 1.165) is 25.2 Å². The first-order chi connectivity index (χ1) is 12.1.